The molecule has 0 saturated heterocycles. The molecular formula is C20H16F9N5O3. The number of carbonyl (C=O) groups excluding carboxylic acids is 2. The second-order valence-electron chi connectivity index (χ2n) is 7.96. The number of Topliss-reactive ketones (excluding diaryl/α,β-unsaturated/α-hetero) is 1. The summed E-state index contributed by atoms with van der Waals surface area (Å²) in [5.74, 6) is -3.63. The predicted molar refractivity (Wildman–Crippen MR) is 105 cm³/mol. The number of amides is 1. The quantitative estimate of drug-likeness (QED) is 0.309. The maximum absolute atomic E-state index is 14.1. The van der Waals surface area contributed by atoms with Crippen molar-refractivity contribution in [3.8, 4) is 0 Å². The third-order valence-electron chi connectivity index (χ3n) is 5.38. The SMILES string of the molecule is NC(=O)C1C=CC(C2=NOC(c3cncc(C(F)(F)F)n3)(C(F)(F)F)C2)=C(CCNCC(F)(F)F)C1=O. The molecule has 1 aliphatic carbocycles. The smallest absolute Gasteiger partial charge is 0.372 e. The van der Waals surface area contributed by atoms with Gasteiger partial charge in [0.2, 0.25) is 5.91 Å². The molecule has 0 fully saturated rings. The second-order valence-corrected chi connectivity index (χ2v) is 7.96. The summed E-state index contributed by atoms with van der Waals surface area (Å²) in [6.45, 7) is -1.91. The number of nitrogens with zero attached hydrogens (tertiary/aromatic N) is 3. The van der Waals surface area contributed by atoms with Gasteiger partial charge in [0.15, 0.2) is 11.5 Å². The lowest BCUT2D eigenvalue weighted by atomic mass is 9.81. The van der Waals surface area contributed by atoms with E-state index in [1.54, 1.807) is 0 Å². The standard InChI is InChI=1S/C20H16F9N5O3/c21-18(22,23)8-31-4-3-10-9(1-2-11(15(10)35)16(30)36)12-5-17(37-34-12,20(27,28)29)13-6-32-7-14(33-13)19(24,25)26/h1-2,6-7,11,31H,3-5,8H2,(H2,30,36). The van der Waals surface area contributed by atoms with Crippen LogP contribution in [0.2, 0.25) is 0 Å². The molecule has 2 heterocycles. The van der Waals surface area contributed by atoms with E-state index >= 15 is 0 Å². The van der Waals surface area contributed by atoms with Crippen LogP contribution < -0.4 is 11.1 Å². The number of nitrogens with two attached hydrogens (primary N) is 1. The lowest BCUT2D eigenvalue weighted by Crippen LogP contribution is -2.44. The van der Waals surface area contributed by atoms with Crippen molar-refractivity contribution in [2.75, 3.05) is 13.1 Å². The number of alkyl halides is 9. The zero-order valence-electron chi connectivity index (χ0n) is 18.3. The molecule has 17 heteroatoms. The van der Waals surface area contributed by atoms with Crippen LogP contribution in [0.1, 0.15) is 24.2 Å². The largest absolute Gasteiger partial charge is 0.437 e. The van der Waals surface area contributed by atoms with E-state index in [4.69, 9.17) is 5.73 Å². The van der Waals surface area contributed by atoms with E-state index in [9.17, 15) is 49.1 Å². The van der Waals surface area contributed by atoms with Gasteiger partial charge in [0.1, 0.15) is 11.6 Å². The lowest BCUT2D eigenvalue weighted by Gasteiger charge is -2.28. The van der Waals surface area contributed by atoms with Crippen molar-refractivity contribution >= 4 is 17.4 Å². The van der Waals surface area contributed by atoms with Crippen LogP contribution in [-0.2, 0) is 26.2 Å². The summed E-state index contributed by atoms with van der Waals surface area (Å²) in [5.41, 5.74) is -2.58. The molecule has 0 spiro atoms. The van der Waals surface area contributed by atoms with Crippen molar-refractivity contribution in [3.05, 3.63) is 47.1 Å². The number of ketones is 1. The summed E-state index contributed by atoms with van der Waals surface area (Å²) in [5, 5.41) is 5.35. The van der Waals surface area contributed by atoms with E-state index in [2.05, 4.69) is 20.0 Å². The molecule has 2 atom stereocenters. The number of carbonyl (C=O) groups is 2. The van der Waals surface area contributed by atoms with Crippen molar-refractivity contribution in [2.45, 2.75) is 37.0 Å². The molecule has 8 nitrogen and oxygen atoms in total. The number of hydrogen-bond donors (Lipinski definition) is 2. The number of oxime groups is 1. The molecule has 0 bridgehead atoms. The van der Waals surface area contributed by atoms with Crippen LogP contribution in [0.4, 0.5) is 39.5 Å². The van der Waals surface area contributed by atoms with Crippen molar-refractivity contribution < 1.29 is 53.9 Å². The zero-order valence-corrected chi connectivity index (χ0v) is 18.3. The molecule has 2 aliphatic rings. The van der Waals surface area contributed by atoms with E-state index in [0.717, 1.165) is 12.2 Å². The minimum Gasteiger partial charge on any atom is -0.372 e. The van der Waals surface area contributed by atoms with Gasteiger partial charge in [0.05, 0.1) is 31.1 Å². The Balaban J connectivity index is 1.99. The highest BCUT2D eigenvalue weighted by Gasteiger charge is 2.64. The number of primary amides is 1. The monoisotopic (exact) mass is 545 g/mol. The average molecular weight is 545 g/mol. The number of nitrogens with one attached hydrogen (secondary N) is 1. The molecule has 1 aromatic rings. The molecule has 1 amide bonds. The van der Waals surface area contributed by atoms with Gasteiger partial charge in [-0.3, -0.25) is 14.6 Å². The van der Waals surface area contributed by atoms with Gasteiger partial charge in [-0.1, -0.05) is 17.3 Å². The normalized spacial score (nSPS) is 22.8. The second kappa shape index (κ2) is 9.75. The van der Waals surface area contributed by atoms with Crippen LogP contribution in [0.5, 0.6) is 0 Å². The van der Waals surface area contributed by atoms with Gasteiger partial charge in [-0.2, -0.15) is 39.5 Å². The lowest BCUT2D eigenvalue weighted by molar-refractivity contribution is -0.277. The molecule has 0 saturated carbocycles. The molecule has 37 heavy (non-hydrogen) atoms. The van der Waals surface area contributed by atoms with Crippen LogP contribution in [0.25, 0.3) is 0 Å². The van der Waals surface area contributed by atoms with Crippen LogP contribution >= 0.6 is 0 Å². The predicted octanol–water partition coefficient (Wildman–Crippen LogP) is 3.11. The highest BCUT2D eigenvalue weighted by Crippen LogP contribution is 2.49. The van der Waals surface area contributed by atoms with Gasteiger partial charge in [-0.25, -0.2) is 4.98 Å². The fraction of sp³-hybridized carbons (Fsp3) is 0.450. The van der Waals surface area contributed by atoms with Crippen LogP contribution in [0.15, 0.2) is 40.8 Å². The van der Waals surface area contributed by atoms with Crippen molar-refractivity contribution in [1.29, 1.82) is 0 Å². The first-order valence-electron chi connectivity index (χ1n) is 10.2. The fourth-order valence-electron chi connectivity index (χ4n) is 3.61. The van der Waals surface area contributed by atoms with E-state index in [1.165, 1.54) is 0 Å². The molecule has 0 aromatic carbocycles. The molecule has 1 aliphatic heterocycles. The zero-order chi connectivity index (χ0) is 27.8. The summed E-state index contributed by atoms with van der Waals surface area (Å²) in [6.07, 6.45) is -14.2. The highest BCUT2D eigenvalue weighted by atomic mass is 19.4. The topological polar surface area (TPSA) is 120 Å². The third kappa shape index (κ3) is 5.91. The van der Waals surface area contributed by atoms with E-state index < -0.39 is 84.8 Å². The first-order valence-corrected chi connectivity index (χ1v) is 10.2. The fourth-order valence-corrected chi connectivity index (χ4v) is 3.61. The Morgan fingerprint density at radius 2 is 1.81 bits per heavy atom. The van der Waals surface area contributed by atoms with Crippen molar-refractivity contribution in [1.82, 2.24) is 15.3 Å². The number of rotatable bonds is 7. The Bertz CT molecular complexity index is 1170. The summed E-state index contributed by atoms with van der Waals surface area (Å²) >= 11 is 0. The van der Waals surface area contributed by atoms with Gasteiger partial charge >= 0.3 is 18.5 Å². The molecule has 2 unspecified atom stereocenters. The Morgan fingerprint density at radius 1 is 1.14 bits per heavy atom. The molecule has 3 rings (SSSR count). The van der Waals surface area contributed by atoms with Crippen molar-refractivity contribution in [2.24, 2.45) is 16.8 Å². The first-order chi connectivity index (χ1) is 17.0. The molecule has 1 aromatic heterocycles. The third-order valence-corrected chi connectivity index (χ3v) is 5.38. The number of allylic oxidation sites excluding steroid dienone is 2. The summed E-state index contributed by atoms with van der Waals surface area (Å²) in [4.78, 5) is 35.2. The van der Waals surface area contributed by atoms with Crippen LogP contribution in [0, 0.1) is 5.92 Å². The van der Waals surface area contributed by atoms with Gasteiger partial charge in [-0.15, -0.1) is 0 Å². The van der Waals surface area contributed by atoms with Gasteiger partial charge in [0.25, 0.3) is 5.60 Å². The number of hydrogen-bond acceptors (Lipinski definition) is 7. The molecule has 0 radical (unpaired) electrons. The van der Waals surface area contributed by atoms with Gasteiger partial charge in [0, 0.05) is 11.1 Å². The van der Waals surface area contributed by atoms with Crippen LogP contribution in [-0.4, -0.2) is 52.8 Å². The molecular weight excluding hydrogens is 529 g/mol. The van der Waals surface area contributed by atoms with Crippen molar-refractivity contribution in [3.63, 3.8) is 0 Å². The summed E-state index contributed by atoms with van der Waals surface area (Å²) < 4.78 is 119. The number of halogens is 9. The van der Waals surface area contributed by atoms with E-state index in [0.29, 0.717) is 6.20 Å². The Labute approximate surface area is 201 Å². The maximum atomic E-state index is 14.1. The Kier molecular flexibility index (Phi) is 7.40. The van der Waals surface area contributed by atoms with E-state index in [1.807, 2.05) is 5.32 Å². The van der Waals surface area contributed by atoms with Gasteiger partial charge in [-0.05, 0) is 13.0 Å². The minimum atomic E-state index is -5.37. The first kappa shape index (κ1) is 28.1. The van der Waals surface area contributed by atoms with Gasteiger partial charge < -0.3 is 15.9 Å². The Hall–Kier alpha value is -3.50. The van der Waals surface area contributed by atoms with E-state index in [-0.39, 0.29) is 17.3 Å². The number of aromatic nitrogens is 2. The summed E-state index contributed by atoms with van der Waals surface area (Å²) in [7, 11) is 0. The Morgan fingerprint density at radius 3 is 2.38 bits per heavy atom. The molecule has 202 valence electrons. The molecule has 3 N–H and O–H groups in total. The van der Waals surface area contributed by atoms with Crippen LogP contribution in [0.3, 0.4) is 0 Å². The average Bonchev–Trinajstić information content (AvgIpc) is 3.23. The maximum Gasteiger partial charge on any atom is 0.437 e. The summed E-state index contributed by atoms with van der Waals surface area (Å²) in [6, 6.07) is 0. The minimum absolute atomic E-state index is 0.214. The highest BCUT2D eigenvalue weighted by molar-refractivity contribution is 6.18.